The van der Waals surface area contributed by atoms with Crippen LogP contribution >= 0.6 is 11.6 Å². The van der Waals surface area contributed by atoms with Crippen molar-refractivity contribution in [3.63, 3.8) is 0 Å². The summed E-state index contributed by atoms with van der Waals surface area (Å²) in [5.41, 5.74) is 3.96. The summed E-state index contributed by atoms with van der Waals surface area (Å²) < 4.78 is 5.42. The number of rotatable bonds is 8. The second-order valence-corrected chi connectivity index (χ2v) is 7.25. The number of halogens is 1. The Hall–Kier alpha value is -4.24. The van der Waals surface area contributed by atoms with Crippen molar-refractivity contribution in [2.75, 3.05) is 11.9 Å². The molecule has 2 amide bonds. The Labute approximate surface area is 194 Å². The van der Waals surface area contributed by atoms with Crippen LogP contribution < -0.4 is 15.5 Å². The lowest BCUT2D eigenvalue weighted by Gasteiger charge is -2.09. The van der Waals surface area contributed by atoms with Gasteiger partial charge in [0.1, 0.15) is 5.75 Å². The lowest BCUT2D eigenvalue weighted by atomic mass is 10.1. The second-order valence-electron chi connectivity index (χ2n) is 6.82. The first-order chi connectivity index (χ1) is 15.8. The van der Waals surface area contributed by atoms with Crippen molar-refractivity contribution in [2.45, 2.75) is 6.92 Å². The van der Waals surface area contributed by atoms with Crippen LogP contribution in [0, 0.1) is 10.1 Å². The van der Waals surface area contributed by atoms with E-state index in [-0.39, 0.29) is 23.8 Å². The van der Waals surface area contributed by atoms with E-state index in [1.54, 1.807) is 55.5 Å². The number of carbonyl (C=O) groups excluding carboxylic acids is 2. The van der Waals surface area contributed by atoms with Gasteiger partial charge in [0.2, 0.25) is 0 Å². The van der Waals surface area contributed by atoms with Crippen LogP contribution in [-0.4, -0.2) is 29.1 Å². The molecule has 0 radical (unpaired) electrons. The second kappa shape index (κ2) is 10.9. The summed E-state index contributed by atoms with van der Waals surface area (Å²) in [5, 5.41) is 18.2. The van der Waals surface area contributed by atoms with E-state index in [4.69, 9.17) is 16.3 Å². The van der Waals surface area contributed by atoms with Gasteiger partial charge in [-0.3, -0.25) is 19.7 Å². The standard InChI is InChI=1S/C23H19ClN4O5/c1-15(26-27-23(30)17-5-3-7-20(13-17)28(31)32)16-4-2-6-19(12-16)25-22(29)14-33-21-10-8-18(24)9-11-21/h2-13H,14H2,1H3,(H,25,29)(H,27,30). The molecule has 2 N–H and O–H groups in total. The molecule has 0 unspecified atom stereocenters. The molecule has 3 rings (SSSR count). The van der Waals surface area contributed by atoms with E-state index in [0.29, 0.717) is 27.7 Å². The molecule has 0 aliphatic carbocycles. The molecule has 3 aromatic rings. The average molecular weight is 467 g/mol. The topological polar surface area (TPSA) is 123 Å². The van der Waals surface area contributed by atoms with Gasteiger partial charge in [0.05, 0.1) is 10.6 Å². The van der Waals surface area contributed by atoms with Crippen LogP contribution in [0.4, 0.5) is 11.4 Å². The average Bonchev–Trinajstić information content (AvgIpc) is 2.82. The summed E-state index contributed by atoms with van der Waals surface area (Å²) in [6, 6.07) is 18.9. The molecule has 0 atom stereocenters. The van der Waals surface area contributed by atoms with Crippen molar-refractivity contribution in [1.29, 1.82) is 0 Å². The summed E-state index contributed by atoms with van der Waals surface area (Å²) in [7, 11) is 0. The minimum Gasteiger partial charge on any atom is -0.484 e. The molecule has 168 valence electrons. The van der Waals surface area contributed by atoms with Crippen molar-refractivity contribution in [3.05, 3.63) is 99.1 Å². The van der Waals surface area contributed by atoms with Gasteiger partial charge >= 0.3 is 0 Å². The first-order valence-electron chi connectivity index (χ1n) is 9.69. The van der Waals surface area contributed by atoms with E-state index in [2.05, 4.69) is 15.8 Å². The highest BCUT2D eigenvalue weighted by Gasteiger charge is 2.11. The first kappa shape index (κ1) is 23.4. The molecule has 0 aromatic heterocycles. The van der Waals surface area contributed by atoms with E-state index in [9.17, 15) is 19.7 Å². The Morgan fingerprint density at radius 1 is 1.03 bits per heavy atom. The molecule has 9 nitrogen and oxygen atoms in total. The van der Waals surface area contributed by atoms with Gasteiger partial charge in [0, 0.05) is 28.4 Å². The number of nitro groups is 1. The van der Waals surface area contributed by atoms with E-state index in [1.807, 2.05) is 0 Å². The number of nitrogens with one attached hydrogen (secondary N) is 2. The highest BCUT2D eigenvalue weighted by atomic mass is 35.5. The molecule has 0 fully saturated rings. The number of hydrogen-bond acceptors (Lipinski definition) is 6. The van der Waals surface area contributed by atoms with Gasteiger partial charge in [-0.15, -0.1) is 0 Å². The highest BCUT2D eigenvalue weighted by molar-refractivity contribution is 6.30. The molecule has 0 saturated heterocycles. The molecular weight excluding hydrogens is 448 g/mol. The van der Waals surface area contributed by atoms with Gasteiger partial charge in [0.25, 0.3) is 17.5 Å². The van der Waals surface area contributed by atoms with E-state index >= 15 is 0 Å². The Kier molecular flexibility index (Phi) is 7.72. The number of nitrogens with zero attached hydrogens (tertiary/aromatic N) is 2. The van der Waals surface area contributed by atoms with E-state index in [0.717, 1.165) is 0 Å². The van der Waals surface area contributed by atoms with Gasteiger partial charge in [-0.1, -0.05) is 29.8 Å². The summed E-state index contributed by atoms with van der Waals surface area (Å²) >= 11 is 5.82. The van der Waals surface area contributed by atoms with Crippen LogP contribution in [0.1, 0.15) is 22.8 Å². The summed E-state index contributed by atoms with van der Waals surface area (Å²) in [6.45, 7) is 1.50. The van der Waals surface area contributed by atoms with Gasteiger partial charge in [-0.25, -0.2) is 5.43 Å². The maximum Gasteiger partial charge on any atom is 0.271 e. The Morgan fingerprint density at radius 3 is 2.45 bits per heavy atom. The summed E-state index contributed by atoms with van der Waals surface area (Å²) in [4.78, 5) is 34.7. The monoisotopic (exact) mass is 466 g/mol. The van der Waals surface area contributed by atoms with Crippen molar-refractivity contribution < 1.29 is 19.2 Å². The molecular formula is C23H19ClN4O5. The SMILES string of the molecule is CC(=NNC(=O)c1cccc([N+](=O)[O-])c1)c1cccc(NC(=O)COc2ccc(Cl)cc2)c1. The minimum absolute atomic E-state index is 0.113. The maximum atomic E-state index is 12.3. The maximum absolute atomic E-state index is 12.3. The predicted octanol–water partition coefficient (Wildman–Crippen LogP) is 4.42. The van der Waals surface area contributed by atoms with Crippen molar-refractivity contribution in [2.24, 2.45) is 5.10 Å². The Balaban J connectivity index is 1.59. The molecule has 0 bridgehead atoms. The van der Waals surface area contributed by atoms with Crippen LogP contribution in [0.5, 0.6) is 5.75 Å². The zero-order valence-electron chi connectivity index (χ0n) is 17.4. The molecule has 0 heterocycles. The van der Waals surface area contributed by atoms with Gasteiger partial charge < -0.3 is 10.1 Å². The van der Waals surface area contributed by atoms with Crippen molar-refractivity contribution >= 4 is 40.5 Å². The number of nitro benzene ring substituents is 1. The first-order valence-corrected chi connectivity index (χ1v) is 10.1. The van der Waals surface area contributed by atoms with Crippen molar-refractivity contribution in [1.82, 2.24) is 5.43 Å². The van der Waals surface area contributed by atoms with Gasteiger partial charge in [-0.05, 0) is 55.0 Å². The number of ether oxygens (including phenoxy) is 1. The number of benzene rings is 3. The lowest BCUT2D eigenvalue weighted by molar-refractivity contribution is -0.384. The third-order valence-electron chi connectivity index (χ3n) is 4.39. The minimum atomic E-state index is -0.582. The molecule has 0 aliphatic rings. The highest BCUT2D eigenvalue weighted by Crippen LogP contribution is 2.16. The van der Waals surface area contributed by atoms with Crippen LogP contribution in [0.2, 0.25) is 5.02 Å². The molecule has 0 saturated carbocycles. The third-order valence-corrected chi connectivity index (χ3v) is 4.64. The zero-order valence-corrected chi connectivity index (χ0v) is 18.2. The Bertz CT molecular complexity index is 1210. The van der Waals surface area contributed by atoms with Gasteiger partial charge in [0.15, 0.2) is 6.61 Å². The Morgan fingerprint density at radius 2 is 1.73 bits per heavy atom. The number of non-ortho nitro benzene ring substituents is 1. The zero-order chi connectivity index (χ0) is 23.8. The van der Waals surface area contributed by atoms with Crippen LogP contribution in [-0.2, 0) is 4.79 Å². The smallest absolute Gasteiger partial charge is 0.271 e. The quantitative estimate of drug-likeness (QED) is 0.289. The fraction of sp³-hybridized carbons (Fsp3) is 0.0870. The third kappa shape index (κ3) is 6.88. The van der Waals surface area contributed by atoms with Crippen LogP contribution in [0.3, 0.4) is 0 Å². The summed E-state index contributed by atoms with van der Waals surface area (Å²) in [6.07, 6.45) is 0. The molecule has 10 heteroatoms. The molecule has 33 heavy (non-hydrogen) atoms. The number of amides is 2. The summed E-state index contributed by atoms with van der Waals surface area (Å²) in [5.74, 6) is -0.414. The van der Waals surface area contributed by atoms with E-state index in [1.165, 1.54) is 24.3 Å². The fourth-order valence-electron chi connectivity index (χ4n) is 2.72. The molecule has 3 aromatic carbocycles. The van der Waals surface area contributed by atoms with Crippen LogP contribution in [0.25, 0.3) is 0 Å². The molecule has 0 spiro atoms. The fourth-order valence-corrected chi connectivity index (χ4v) is 2.85. The number of hydrazone groups is 1. The van der Waals surface area contributed by atoms with Gasteiger partial charge in [-0.2, -0.15) is 5.10 Å². The predicted molar refractivity (Wildman–Crippen MR) is 125 cm³/mol. The normalized spacial score (nSPS) is 10.9. The van der Waals surface area contributed by atoms with Crippen LogP contribution in [0.15, 0.2) is 77.9 Å². The number of anilines is 1. The lowest BCUT2D eigenvalue weighted by Crippen LogP contribution is -2.21. The van der Waals surface area contributed by atoms with E-state index < -0.39 is 10.8 Å². The number of carbonyl (C=O) groups is 2. The van der Waals surface area contributed by atoms with Crippen molar-refractivity contribution in [3.8, 4) is 5.75 Å². The largest absolute Gasteiger partial charge is 0.484 e. The number of hydrogen-bond donors (Lipinski definition) is 2. The molecule has 0 aliphatic heterocycles.